The molecule has 0 aromatic rings. The Kier molecular flexibility index (Phi) is 20.5. The van der Waals surface area contributed by atoms with Crippen LogP contribution >= 0.6 is 0 Å². The quantitative estimate of drug-likeness (QED) is 0.247. The van der Waals surface area contributed by atoms with Gasteiger partial charge in [-0.15, -0.1) is 0 Å². The third kappa shape index (κ3) is 19.5. The molecule has 0 aromatic carbocycles. The zero-order valence-corrected chi connectivity index (χ0v) is 18.5. The summed E-state index contributed by atoms with van der Waals surface area (Å²) in [6.45, 7) is 14.8. The lowest BCUT2D eigenvalue weighted by molar-refractivity contribution is -0.928. The summed E-state index contributed by atoms with van der Waals surface area (Å²) in [4.78, 5) is 20.3. The van der Waals surface area contributed by atoms with Crippen molar-refractivity contribution in [2.45, 2.75) is 105 Å². The standard InChI is InChI=1S/C12H28N.C10H18O4/c1-5-9-13(10-6-2,11-7-3)12-8-4;11-9(12)7-5-3-1-2-4-6-8-10(13)14/h5-12H2,1-4H3;1-8H2,(H,11,12)(H,13,14)/q+1;. The van der Waals surface area contributed by atoms with Gasteiger partial charge in [-0.25, -0.2) is 0 Å². The third-order valence-corrected chi connectivity index (χ3v) is 4.82. The van der Waals surface area contributed by atoms with E-state index in [-0.39, 0.29) is 12.8 Å². The molecule has 162 valence electrons. The summed E-state index contributed by atoms with van der Waals surface area (Å²) in [7, 11) is 0. The van der Waals surface area contributed by atoms with Crippen LogP contribution in [0.15, 0.2) is 0 Å². The van der Waals surface area contributed by atoms with Crippen LogP contribution in [0.2, 0.25) is 0 Å². The Morgan fingerprint density at radius 2 is 0.815 bits per heavy atom. The number of carboxylic acid groups (broad SMARTS) is 2. The molecule has 2 N–H and O–H groups in total. The largest absolute Gasteiger partial charge is 0.481 e. The van der Waals surface area contributed by atoms with Crippen LogP contribution in [0.1, 0.15) is 105 Å². The predicted octanol–water partition coefficient (Wildman–Crippen LogP) is 5.72. The second kappa shape index (κ2) is 19.7. The van der Waals surface area contributed by atoms with Crippen molar-refractivity contribution in [1.29, 1.82) is 0 Å². The van der Waals surface area contributed by atoms with Crippen LogP contribution in [0, 0.1) is 0 Å². The molecular formula is C22H46NO4+. The summed E-state index contributed by atoms with van der Waals surface area (Å²) in [6, 6.07) is 0. The Morgan fingerprint density at radius 3 is 1.04 bits per heavy atom. The minimum absolute atomic E-state index is 0.245. The van der Waals surface area contributed by atoms with Crippen molar-refractivity contribution in [2.24, 2.45) is 0 Å². The van der Waals surface area contributed by atoms with E-state index in [9.17, 15) is 9.59 Å². The smallest absolute Gasteiger partial charge is 0.303 e. The van der Waals surface area contributed by atoms with Gasteiger partial charge in [0.25, 0.3) is 0 Å². The van der Waals surface area contributed by atoms with E-state index >= 15 is 0 Å². The SMILES string of the molecule is CCC[N+](CCC)(CCC)CCC.O=C(O)CCCCCCCCC(=O)O. The van der Waals surface area contributed by atoms with E-state index in [1.54, 1.807) is 0 Å². The highest BCUT2D eigenvalue weighted by Gasteiger charge is 2.22. The van der Waals surface area contributed by atoms with Gasteiger partial charge in [0.2, 0.25) is 0 Å². The highest BCUT2D eigenvalue weighted by Crippen LogP contribution is 2.12. The minimum Gasteiger partial charge on any atom is -0.481 e. The Balaban J connectivity index is 0. The molecule has 0 bridgehead atoms. The minimum atomic E-state index is -0.740. The summed E-state index contributed by atoms with van der Waals surface area (Å²) in [5.41, 5.74) is 0. The number of hydrogen-bond donors (Lipinski definition) is 2. The van der Waals surface area contributed by atoms with Crippen molar-refractivity contribution >= 4 is 11.9 Å². The van der Waals surface area contributed by atoms with Gasteiger partial charge in [0.05, 0.1) is 26.2 Å². The molecule has 0 aliphatic carbocycles. The molecule has 0 fully saturated rings. The first-order valence-corrected chi connectivity index (χ1v) is 11.2. The normalized spacial score (nSPS) is 11.0. The molecule has 0 aliphatic rings. The Labute approximate surface area is 167 Å². The van der Waals surface area contributed by atoms with Crippen LogP contribution in [-0.4, -0.2) is 52.8 Å². The van der Waals surface area contributed by atoms with Crippen LogP contribution in [0.25, 0.3) is 0 Å². The van der Waals surface area contributed by atoms with Crippen molar-refractivity contribution in [3.63, 3.8) is 0 Å². The monoisotopic (exact) mass is 388 g/mol. The average Bonchev–Trinajstić information content (AvgIpc) is 2.58. The maximum Gasteiger partial charge on any atom is 0.303 e. The molecule has 5 nitrogen and oxygen atoms in total. The van der Waals surface area contributed by atoms with Gasteiger partial charge in [-0.1, -0.05) is 53.4 Å². The molecule has 0 atom stereocenters. The molecule has 0 amide bonds. The molecule has 0 radical (unpaired) electrons. The highest BCUT2D eigenvalue weighted by molar-refractivity contribution is 5.66. The molecule has 0 unspecified atom stereocenters. The van der Waals surface area contributed by atoms with Crippen LogP contribution < -0.4 is 0 Å². The number of aliphatic carboxylic acids is 2. The van der Waals surface area contributed by atoms with Crippen LogP contribution in [0.4, 0.5) is 0 Å². The van der Waals surface area contributed by atoms with Crippen molar-refractivity contribution in [3.05, 3.63) is 0 Å². The Hall–Kier alpha value is -1.10. The van der Waals surface area contributed by atoms with E-state index in [1.165, 1.54) is 56.3 Å². The third-order valence-electron chi connectivity index (χ3n) is 4.82. The van der Waals surface area contributed by atoms with Crippen LogP contribution in [-0.2, 0) is 9.59 Å². The van der Waals surface area contributed by atoms with E-state index in [4.69, 9.17) is 10.2 Å². The molecule has 0 aromatic heterocycles. The first kappa shape index (κ1) is 28.1. The fourth-order valence-corrected chi connectivity index (χ4v) is 3.83. The van der Waals surface area contributed by atoms with Gasteiger partial charge in [-0.3, -0.25) is 9.59 Å². The van der Waals surface area contributed by atoms with Crippen molar-refractivity contribution in [2.75, 3.05) is 26.2 Å². The van der Waals surface area contributed by atoms with Crippen molar-refractivity contribution < 1.29 is 24.3 Å². The van der Waals surface area contributed by atoms with E-state index in [2.05, 4.69) is 27.7 Å². The highest BCUT2D eigenvalue weighted by atomic mass is 16.4. The molecule has 27 heavy (non-hydrogen) atoms. The van der Waals surface area contributed by atoms with Crippen LogP contribution in [0.3, 0.4) is 0 Å². The Morgan fingerprint density at radius 1 is 0.556 bits per heavy atom. The van der Waals surface area contributed by atoms with E-state index in [0.29, 0.717) is 0 Å². The van der Waals surface area contributed by atoms with Gasteiger partial charge in [0, 0.05) is 12.8 Å². The lowest BCUT2D eigenvalue weighted by atomic mass is 10.1. The van der Waals surface area contributed by atoms with Gasteiger partial charge in [0.15, 0.2) is 0 Å². The van der Waals surface area contributed by atoms with Crippen LogP contribution in [0.5, 0.6) is 0 Å². The van der Waals surface area contributed by atoms with Gasteiger partial charge in [-0.2, -0.15) is 0 Å². The topological polar surface area (TPSA) is 74.6 Å². The lowest BCUT2D eigenvalue weighted by Crippen LogP contribution is -2.50. The van der Waals surface area contributed by atoms with E-state index in [0.717, 1.165) is 38.5 Å². The van der Waals surface area contributed by atoms with E-state index < -0.39 is 11.9 Å². The number of rotatable bonds is 17. The number of nitrogens with zero attached hydrogens (tertiary/aromatic N) is 1. The van der Waals surface area contributed by atoms with Gasteiger partial charge >= 0.3 is 11.9 Å². The fraction of sp³-hybridized carbons (Fsp3) is 0.909. The second-order valence-electron chi connectivity index (χ2n) is 7.64. The first-order valence-electron chi connectivity index (χ1n) is 11.2. The number of quaternary nitrogens is 1. The molecule has 5 heteroatoms. The van der Waals surface area contributed by atoms with Gasteiger partial charge in [0.1, 0.15) is 0 Å². The molecule has 0 spiro atoms. The van der Waals surface area contributed by atoms with Gasteiger partial charge < -0.3 is 14.7 Å². The summed E-state index contributed by atoms with van der Waals surface area (Å²) >= 11 is 0. The summed E-state index contributed by atoms with van der Waals surface area (Å²) < 4.78 is 1.38. The van der Waals surface area contributed by atoms with Crippen molar-refractivity contribution in [3.8, 4) is 0 Å². The zero-order valence-electron chi connectivity index (χ0n) is 18.5. The molecule has 0 saturated carbocycles. The summed E-state index contributed by atoms with van der Waals surface area (Å²) in [5.74, 6) is -1.48. The first-order chi connectivity index (χ1) is 12.9. The summed E-state index contributed by atoms with van der Waals surface area (Å²) in [6.07, 6.45) is 11.2. The number of hydrogen-bond acceptors (Lipinski definition) is 2. The van der Waals surface area contributed by atoms with Crippen molar-refractivity contribution in [1.82, 2.24) is 0 Å². The molecule has 0 rings (SSSR count). The molecule has 0 saturated heterocycles. The number of carbonyl (C=O) groups is 2. The maximum atomic E-state index is 10.1. The number of unbranched alkanes of at least 4 members (excludes halogenated alkanes) is 5. The average molecular weight is 389 g/mol. The second-order valence-corrected chi connectivity index (χ2v) is 7.64. The Bertz CT molecular complexity index is 309. The zero-order chi connectivity index (χ0) is 21.0. The van der Waals surface area contributed by atoms with E-state index in [1.807, 2.05) is 0 Å². The fourth-order valence-electron chi connectivity index (χ4n) is 3.83. The lowest BCUT2D eigenvalue weighted by Gasteiger charge is -2.38. The molecular weight excluding hydrogens is 342 g/mol. The molecule has 0 heterocycles. The summed E-state index contributed by atoms with van der Waals surface area (Å²) in [5, 5.41) is 16.7. The van der Waals surface area contributed by atoms with Gasteiger partial charge in [-0.05, 0) is 38.5 Å². The molecule has 0 aliphatic heterocycles. The maximum absolute atomic E-state index is 10.1. The predicted molar refractivity (Wildman–Crippen MR) is 113 cm³/mol. The number of carboxylic acids is 2.